The van der Waals surface area contributed by atoms with Gasteiger partial charge in [0.05, 0.1) is 4.90 Å². The van der Waals surface area contributed by atoms with Crippen molar-refractivity contribution in [3.05, 3.63) is 65.2 Å². The third-order valence-electron chi connectivity index (χ3n) is 5.64. The zero-order valence-corrected chi connectivity index (χ0v) is 19.1. The van der Waals surface area contributed by atoms with Crippen molar-refractivity contribution in [1.82, 2.24) is 9.62 Å². The fourth-order valence-corrected chi connectivity index (χ4v) is 4.74. The Bertz CT molecular complexity index is 975. The second-order valence-electron chi connectivity index (χ2n) is 9.29. The lowest BCUT2D eigenvalue weighted by atomic mass is 9.87. The second-order valence-corrected chi connectivity index (χ2v) is 11.1. The molecule has 0 spiro atoms. The Labute approximate surface area is 180 Å². The van der Waals surface area contributed by atoms with Crippen LogP contribution >= 0.6 is 0 Å². The molecular formula is C24H32N2O3S. The third kappa shape index (κ3) is 5.49. The number of sulfonamides is 1. The quantitative estimate of drug-likeness (QED) is 0.771. The largest absolute Gasteiger partial charge is 0.338 e. The van der Waals surface area contributed by atoms with E-state index in [4.69, 9.17) is 0 Å². The SMILES string of the molecule is CC1CCCN(C(=O)c2ccc(CNS(=O)(=O)c3ccc(C(C)(C)C)cc3)cc2)C1. The summed E-state index contributed by atoms with van der Waals surface area (Å²) in [4.78, 5) is 14.8. The Morgan fingerprint density at radius 3 is 2.27 bits per heavy atom. The Morgan fingerprint density at radius 2 is 1.70 bits per heavy atom. The van der Waals surface area contributed by atoms with Crippen molar-refractivity contribution in [3.8, 4) is 0 Å². The molecule has 1 amide bonds. The van der Waals surface area contributed by atoms with Crippen molar-refractivity contribution >= 4 is 15.9 Å². The number of nitrogens with one attached hydrogen (secondary N) is 1. The summed E-state index contributed by atoms with van der Waals surface area (Å²) in [6.45, 7) is 10.2. The summed E-state index contributed by atoms with van der Waals surface area (Å²) in [6, 6.07) is 14.2. The zero-order chi connectivity index (χ0) is 21.9. The van der Waals surface area contributed by atoms with E-state index < -0.39 is 10.0 Å². The molecular weight excluding hydrogens is 396 g/mol. The van der Waals surface area contributed by atoms with Gasteiger partial charge in [-0.05, 0) is 59.6 Å². The van der Waals surface area contributed by atoms with Crippen molar-refractivity contribution in [3.63, 3.8) is 0 Å². The van der Waals surface area contributed by atoms with E-state index in [2.05, 4.69) is 32.4 Å². The molecule has 0 radical (unpaired) electrons. The summed E-state index contributed by atoms with van der Waals surface area (Å²) in [5, 5.41) is 0. The number of hydrogen-bond acceptors (Lipinski definition) is 3. The van der Waals surface area contributed by atoms with E-state index in [1.54, 1.807) is 24.3 Å². The normalized spacial score (nSPS) is 17.7. The molecule has 1 aliphatic rings. The zero-order valence-electron chi connectivity index (χ0n) is 18.3. The Morgan fingerprint density at radius 1 is 1.07 bits per heavy atom. The highest BCUT2D eigenvalue weighted by Gasteiger charge is 2.22. The number of likely N-dealkylation sites (tertiary alicyclic amines) is 1. The molecule has 0 saturated carbocycles. The molecule has 1 aliphatic heterocycles. The van der Waals surface area contributed by atoms with Gasteiger partial charge in [-0.3, -0.25) is 4.79 Å². The predicted molar refractivity (Wildman–Crippen MR) is 120 cm³/mol. The van der Waals surface area contributed by atoms with E-state index in [0.29, 0.717) is 11.5 Å². The standard InChI is InChI=1S/C24H32N2O3S/c1-18-6-5-15-26(17-18)23(27)20-9-7-19(8-10-20)16-25-30(28,29)22-13-11-21(12-14-22)24(2,3)4/h7-14,18,25H,5-6,15-17H2,1-4H3. The van der Waals surface area contributed by atoms with Gasteiger partial charge in [-0.15, -0.1) is 0 Å². The van der Waals surface area contributed by atoms with Gasteiger partial charge in [-0.25, -0.2) is 13.1 Å². The van der Waals surface area contributed by atoms with Crippen molar-refractivity contribution in [2.45, 2.75) is 57.4 Å². The topological polar surface area (TPSA) is 66.5 Å². The van der Waals surface area contributed by atoms with Crippen LogP contribution in [0.2, 0.25) is 0 Å². The van der Waals surface area contributed by atoms with Crippen molar-refractivity contribution in [2.75, 3.05) is 13.1 Å². The molecule has 1 fully saturated rings. The fraction of sp³-hybridized carbons (Fsp3) is 0.458. The molecule has 1 saturated heterocycles. The van der Waals surface area contributed by atoms with Gasteiger partial charge < -0.3 is 4.90 Å². The van der Waals surface area contributed by atoms with E-state index >= 15 is 0 Å². The molecule has 2 aromatic carbocycles. The monoisotopic (exact) mass is 428 g/mol. The molecule has 3 rings (SSSR count). The highest BCUT2D eigenvalue weighted by atomic mass is 32.2. The van der Waals surface area contributed by atoms with Gasteiger partial charge in [-0.1, -0.05) is 52.0 Å². The van der Waals surface area contributed by atoms with E-state index in [1.807, 2.05) is 29.2 Å². The molecule has 1 N–H and O–H groups in total. The molecule has 162 valence electrons. The Hall–Kier alpha value is -2.18. The average Bonchev–Trinajstić information content (AvgIpc) is 2.72. The first-order chi connectivity index (χ1) is 14.1. The number of carbonyl (C=O) groups excluding carboxylic acids is 1. The van der Waals surface area contributed by atoms with Gasteiger partial charge in [0.15, 0.2) is 0 Å². The number of amides is 1. The van der Waals surface area contributed by atoms with E-state index in [0.717, 1.165) is 30.6 Å². The summed E-state index contributed by atoms with van der Waals surface area (Å²) < 4.78 is 27.9. The first kappa shape index (κ1) is 22.5. The van der Waals surface area contributed by atoms with Gasteiger partial charge >= 0.3 is 0 Å². The molecule has 1 atom stereocenters. The van der Waals surface area contributed by atoms with Gasteiger partial charge in [0.25, 0.3) is 5.91 Å². The van der Waals surface area contributed by atoms with Crippen LogP contribution in [-0.4, -0.2) is 32.3 Å². The number of carbonyl (C=O) groups is 1. The van der Waals surface area contributed by atoms with Crippen LogP contribution in [-0.2, 0) is 22.0 Å². The van der Waals surface area contributed by atoms with Crippen LogP contribution in [0, 0.1) is 5.92 Å². The molecule has 5 nitrogen and oxygen atoms in total. The van der Waals surface area contributed by atoms with Crippen LogP contribution in [0.3, 0.4) is 0 Å². The molecule has 2 aromatic rings. The van der Waals surface area contributed by atoms with E-state index in [1.165, 1.54) is 6.42 Å². The number of benzene rings is 2. The van der Waals surface area contributed by atoms with Gasteiger partial charge in [-0.2, -0.15) is 0 Å². The molecule has 0 bridgehead atoms. The summed E-state index contributed by atoms with van der Waals surface area (Å²) in [5.74, 6) is 0.585. The number of piperidine rings is 1. The maximum atomic E-state index is 12.7. The fourth-order valence-electron chi connectivity index (χ4n) is 3.72. The number of rotatable bonds is 5. The molecule has 6 heteroatoms. The maximum absolute atomic E-state index is 12.7. The van der Waals surface area contributed by atoms with E-state index in [-0.39, 0.29) is 22.8 Å². The van der Waals surface area contributed by atoms with Crippen molar-refractivity contribution in [1.29, 1.82) is 0 Å². The average molecular weight is 429 g/mol. The van der Waals surface area contributed by atoms with Crippen molar-refractivity contribution in [2.24, 2.45) is 5.92 Å². The van der Waals surface area contributed by atoms with Gasteiger partial charge in [0, 0.05) is 25.2 Å². The lowest BCUT2D eigenvalue weighted by Gasteiger charge is -2.31. The molecule has 30 heavy (non-hydrogen) atoms. The smallest absolute Gasteiger partial charge is 0.253 e. The summed E-state index contributed by atoms with van der Waals surface area (Å²) in [6.07, 6.45) is 2.21. The molecule has 1 unspecified atom stereocenters. The van der Waals surface area contributed by atoms with Crippen LogP contribution in [0.25, 0.3) is 0 Å². The molecule has 0 aliphatic carbocycles. The van der Waals surface area contributed by atoms with Crippen LogP contribution < -0.4 is 4.72 Å². The molecule has 1 heterocycles. The Balaban J connectivity index is 1.62. The highest BCUT2D eigenvalue weighted by Crippen LogP contribution is 2.23. The first-order valence-electron chi connectivity index (χ1n) is 10.5. The van der Waals surface area contributed by atoms with Gasteiger partial charge in [0.2, 0.25) is 10.0 Å². The summed E-state index contributed by atoms with van der Waals surface area (Å²) >= 11 is 0. The summed E-state index contributed by atoms with van der Waals surface area (Å²) in [7, 11) is -3.60. The van der Waals surface area contributed by atoms with Crippen molar-refractivity contribution < 1.29 is 13.2 Å². The van der Waals surface area contributed by atoms with Crippen LogP contribution in [0.5, 0.6) is 0 Å². The van der Waals surface area contributed by atoms with Crippen LogP contribution in [0.15, 0.2) is 53.4 Å². The van der Waals surface area contributed by atoms with Crippen LogP contribution in [0.1, 0.15) is 62.0 Å². The molecule has 0 aromatic heterocycles. The van der Waals surface area contributed by atoms with Gasteiger partial charge in [0.1, 0.15) is 0 Å². The Kier molecular flexibility index (Phi) is 6.68. The lowest BCUT2D eigenvalue weighted by Crippen LogP contribution is -2.39. The predicted octanol–water partition coefficient (Wildman–Crippen LogP) is 4.33. The lowest BCUT2D eigenvalue weighted by molar-refractivity contribution is 0.0683. The number of nitrogens with zero attached hydrogens (tertiary/aromatic N) is 1. The minimum absolute atomic E-state index is 0.0266. The summed E-state index contributed by atoms with van der Waals surface area (Å²) in [5.41, 5.74) is 2.52. The minimum atomic E-state index is -3.60. The first-order valence-corrected chi connectivity index (χ1v) is 12.0. The number of hydrogen-bond donors (Lipinski definition) is 1. The maximum Gasteiger partial charge on any atom is 0.253 e. The minimum Gasteiger partial charge on any atom is -0.338 e. The van der Waals surface area contributed by atoms with Crippen LogP contribution in [0.4, 0.5) is 0 Å². The highest BCUT2D eigenvalue weighted by molar-refractivity contribution is 7.89. The second kappa shape index (κ2) is 8.90. The van der Waals surface area contributed by atoms with E-state index in [9.17, 15) is 13.2 Å². The third-order valence-corrected chi connectivity index (χ3v) is 7.06.